The predicted octanol–water partition coefficient (Wildman–Crippen LogP) is 2.92. The molecule has 1 aliphatic carbocycles. The molecule has 4 rings (SSSR count). The van der Waals surface area contributed by atoms with Crippen LogP contribution >= 0.6 is 0 Å². The normalized spacial score (nSPS) is 19.3. The van der Waals surface area contributed by atoms with Crippen LogP contribution in [0.1, 0.15) is 33.4 Å². The maximum atomic E-state index is 12.8. The molecule has 3 heterocycles. The quantitative estimate of drug-likeness (QED) is 0.770. The number of fused-ring (bicyclic) bond motifs is 1. The Hall–Kier alpha value is -3.19. The van der Waals surface area contributed by atoms with E-state index >= 15 is 0 Å². The Labute approximate surface area is 156 Å². The Morgan fingerprint density at radius 3 is 2.96 bits per heavy atom. The molecule has 0 saturated carbocycles. The molecule has 0 radical (unpaired) electrons. The minimum absolute atomic E-state index is 0.0829. The lowest BCUT2D eigenvalue weighted by atomic mass is 9.94. The van der Waals surface area contributed by atoms with Gasteiger partial charge in [0.25, 0.3) is 5.91 Å². The van der Waals surface area contributed by atoms with Crippen molar-refractivity contribution in [2.24, 2.45) is 0 Å². The highest BCUT2D eigenvalue weighted by atomic mass is 16.5. The van der Waals surface area contributed by atoms with Crippen molar-refractivity contribution in [1.82, 2.24) is 19.7 Å². The lowest BCUT2D eigenvalue weighted by Crippen LogP contribution is -2.27. The van der Waals surface area contributed by atoms with Gasteiger partial charge < -0.3 is 18.9 Å². The fourth-order valence-electron chi connectivity index (χ4n) is 3.37. The largest absolute Gasteiger partial charge is 0.448 e. The van der Waals surface area contributed by atoms with Crippen LogP contribution < -0.4 is 5.32 Å². The van der Waals surface area contributed by atoms with Crippen molar-refractivity contribution in [3.8, 4) is 0 Å². The number of hydrogen-bond acceptors (Lipinski definition) is 5. The minimum atomic E-state index is -0.258. The molecule has 3 aromatic rings. The summed E-state index contributed by atoms with van der Waals surface area (Å²) in [6.07, 6.45) is 10.3. The van der Waals surface area contributed by atoms with Crippen LogP contribution in [0.15, 0.2) is 59.3 Å². The summed E-state index contributed by atoms with van der Waals surface area (Å²) in [5.74, 6) is 0.424. The summed E-state index contributed by atoms with van der Waals surface area (Å²) in [5, 5.41) is 2.94. The molecule has 0 aliphatic heterocycles. The van der Waals surface area contributed by atoms with E-state index in [1.54, 1.807) is 19.4 Å². The molecule has 7 nitrogen and oxygen atoms in total. The highest BCUT2D eigenvalue weighted by Crippen LogP contribution is 2.28. The first kappa shape index (κ1) is 17.2. The van der Waals surface area contributed by atoms with E-state index < -0.39 is 0 Å². The summed E-state index contributed by atoms with van der Waals surface area (Å²) in [6, 6.07) is 3.76. The van der Waals surface area contributed by atoms with Crippen molar-refractivity contribution in [2.45, 2.75) is 25.9 Å². The number of ether oxygens (including phenoxy) is 1. The number of rotatable bonds is 4. The molecule has 1 N–H and O–H groups in total. The molecule has 138 valence electrons. The molecule has 0 saturated heterocycles. The van der Waals surface area contributed by atoms with Crippen LogP contribution in [0.4, 0.5) is 0 Å². The van der Waals surface area contributed by atoms with E-state index in [2.05, 4.69) is 15.3 Å². The second kappa shape index (κ2) is 6.85. The molecular weight excluding hydrogens is 344 g/mol. The number of amides is 1. The first-order valence-electron chi connectivity index (χ1n) is 8.64. The summed E-state index contributed by atoms with van der Waals surface area (Å²) in [5.41, 5.74) is 3.75. The van der Waals surface area contributed by atoms with Crippen LogP contribution in [0, 0.1) is 13.8 Å². The van der Waals surface area contributed by atoms with Crippen molar-refractivity contribution in [3.05, 3.63) is 77.6 Å². The number of carbonyl (C=O) groups is 1. The molecule has 2 unspecified atom stereocenters. The van der Waals surface area contributed by atoms with Crippen LogP contribution in [0.5, 0.6) is 0 Å². The van der Waals surface area contributed by atoms with Gasteiger partial charge in [-0.15, -0.1) is 0 Å². The summed E-state index contributed by atoms with van der Waals surface area (Å²) in [4.78, 5) is 21.3. The Kier molecular flexibility index (Phi) is 4.37. The van der Waals surface area contributed by atoms with E-state index in [1.807, 2.05) is 48.7 Å². The lowest BCUT2D eigenvalue weighted by Gasteiger charge is -2.23. The third-order valence-electron chi connectivity index (χ3n) is 4.67. The maximum Gasteiger partial charge on any atom is 0.259 e. The molecule has 1 aliphatic rings. The van der Waals surface area contributed by atoms with Gasteiger partial charge in [-0.1, -0.05) is 6.08 Å². The van der Waals surface area contributed by atoms with Gasteiger partial charge in [-0.2, -0.15) is 0 Å². The zero-order chi connectivity index (χ0) is 19.0. The Morgan fingerprint density at radius 2 is 2.22 bits per heavy atom. The standard InChI is InChI=1S/C20H20N4O3/c1-12-8-13(2)24-7-6-16(19(24)22-12)20(25)23-14-4-5-15(17(9-14)26-3)18-10-21-11-27-18/h4-11,15,17H,1-3H3,(H,23,25). The van der Waals surface area contributed by atoms with Crippen molar-refractivity contribution >= 4 is 11.6 Å². The van der Waals surface area contributed by atoms with E-state index in [-0.39, 0.29) is 17.9 Å². The van der Waals surface area contributed by atoms with Crippen LogP contribution in [0.25, 0.3) is 5.65 Å². The van der Waals surface area contributed by atoms with Gasteiger partial charge in [0.15, 0.2) is 6.39 Å². The number of nitrogens with one attached hydrogen (secondary N) is 1. The van der Waals surface area contributed by atoms with Crippen molar-refractivity contribution in [2.75, 3.05) is 7.11 Å². The first-order valence-corrected chi connectivity index (χ1v) is 8.64. The molecule has 1 amide bonds. The van der Waals surface area contributed by atoms with Gasteiger partial charge >= 0.3 is 0 Å². The fourth-order valence-corrected chi connectivity index (χ4v) is 3.37. The van der Waals surface area contributed by atoms with Gasteiger partial charge in [-0.3, -0.25) is 4.79 Å². The molecule has 27 heavy (non-hydrogen) atoms. The van der Waals surface area contributed by atoms with Gasteiger partial charge in [0.2, 0.25) is 0 Å². The van der Waals surface area contributed by atoms with E-state index in [1.165, 1.54) is 6.39 Å². The Morgan fingerprint density at radius 1 is 1.37 bits per heavy atom. The van der Waals surface area contributed by atoms with Gasteiger partial charge in [0.1, 0.15) is 11.4 Å². The molecule has 0 bridgehead atoms. The second-order valence-electron chi connectivity index (χ2n) is 6.53. The van der Waals surface area contributed by atoms with Crippen molar-refractivity contribution in [1.29, 1.82) is 0 Å². The summed E-state index contributed by atoms with van der Waals surface area (Å²) in [6.45, 7) is 3.91. The van der Waals surface area contributed by atoms with Crippen LogP contribution in [0.3, 0.4) is 0 Å². The summed E-state index contributed by atoms with van der Waals surface area (Å²) < 4.78 is 12.8. The third kappa shape index (κ3) is 3.17. The van der Waals surface area contributed by atoms with Gasteiger partial charge in [-0.25, -0.2) is 9.97 Å². The molecule has 0 spiro atoms. The lowest BCUT2D eigenvalue weighted by molar-refractivity contribution is 0.0964. The summed E-state index contributed by atoms with van der Waals surface area (Å²) >= 11 is 0. The first-order chi connectivity index (χ1) is 13.1. The zero-order valence-electron chi connectivity index (χ0n) is 15.3. The van der Waals surface area contributed by atoms with Gasteiger partial charge in [-0.05, 0) is 38.1 Å². The monoisotopic (exact) mass is 364 g/mol. The van der Waals surface area contributed by atoms with Gasteiger partial charge in [0.05, 0.1) is 23.8 Å². The topological polar surface area (TPSA) is 81.7 Å². The fraction of sp³-hybridized carbons (Fsp3) is 0.250. The molecule has 0 fully saturated rings. The minimum Gasteiger partial charge on any atom is -0.448 e. The SMILES string of the molecule is COC1C=C(NC(=O)c2ccn3c(C)cc(C)nc23)C=CC1c1cnco1. The van der Waals surface area contributed by atoms with Crippen molar-refractivity contribution in [3.63, 3.8) is 0 Å². The number of aryl methyl sites for hydroxylation is 2. The molecule has 2 atom stereocenters. The highest BCUT2D eigenvalue weighted by Gasteiger charge is 2.26. The smallest absolute Gasteiger partial charge is 0.259 e. The number of allylic oxidation sites excluding steroid dienone is 1. The molecule has 7 heteroatoms. The van der Waals surface area contributed by atoms with E-state index in [4.69, 9.17) is 9.15 Å². The second-order valence-corrected chi connectivity index (χ2v) is 6.53. The molecule has 3 aromatic heterocycles. The number of methoxy groups -OCH3 is 1. The van der Waals surface area contributed by atoms with E-state index in [9.17, 15) is 4.79 Å². The molecule has 0 aromatic carbocycles. The number of hydrogen-bond donors (Lipinski definition) is 1. The Bertz CT molecular complexity index is 1050. The number of carbonyl (C=O) groups excluding carboxylic acids is 1. The highest BCUT2D eigenvalue weighted by molar-refractivity contribution is 6.01. The number of nitrogens with zero attached hydrogens (tertiary/aromatic N) is 3. The molecular formula is C20H20N4O3. The average Bonchev–Trinajstić information content (AvgIpc) is 3.31. The average molecular weight is 364 g/mol. The summed E-state index contributed by atoms with van der Waals surface area (Å²) in [7, 11) is 1.62. The predicted molar refractivity (Wildman–Crippen MR) is 99.4 cm³/mol. The van der Waals surface area contributed by atoms with Crippen LogP contribution in [0.2, 0.25) is 0 Å². The van der Waals surface area contributed by atoms with Crippen LogP contribution in [-0.4, -0.2) is 33.5 Å². The van der Waals surface area contributed by atoms with Crippen molar-refractivity contribution < 1.29 is 13.9 Å². The van der Waals surface area contributed by atoms with E-state index in [0.717, 1.165) is 11.4 Å². The van der Waals surface area contributed by atoms with Gasteiger partial charge in [0, 0.05) is 30.4 Å². The number of oxazole rings is 1. The maximum absolute atomic E-state index is 12.8. The Balaban J connectivity index is 1.58. The third-order valence-corrected chi connectivity index (χ3v) is 4.67. The zero-order valence-corrected chi connectivity index (χ0v) is 15.3. The van der Waals surface area contributed by atoms with E-state index in [0.29, 0.717) is 22.7 Å². The van der Waals surface area contributed by atoms with Crippen LogP contribution in [-0.2, 0) is 4.74 Å². The number of aromatic nitrogens is 3.